The topological polar surface area (TPSA) is 64.4 Å². The standard InChI is InChI=1S/C17H16N2O3S/c1-3-21-13-8-6-12(7-9-13)15-11(2)23-17(18-15)19-16(20)14-5-4-10-22-14/h4-10H,3H2,1-2H3,(H,18,19,20). The number of rotatable bonds is 5. The van der Waals surface area contributed by atoms with Crippen molar-refractivity contribution >= 4 is 22.4 Å². The molecule has 23 heavy (non-hydrogen) atoms. The Labute approximate surface area is 137 Å². The molecule has 0 aliphatic carbocycles. The van der Waals surface area contributed by atoms with E-state index in [1.807, 2.05) is 38.1 Å². The molecule has 0 bridgehead atoms. The van der Waals surface area contributed by atoms with E-state index in [9.17, 15) is 4.79 Å². The molecule has 0 aliphatic heterocycles. The third-order valence-corrected chi connectivity index (χ3v) is 4.09. The number of aryl methyl sites for hydroxylation is 1. The Morgan fingerprint density at radius 2 is 2.09 bits per heavy atom. The molecule has 0 spiro atoms. The van der Waals surface area contributed by atoms with Crippen molar-refractivity contribution in [1.82, 2.24) is 4.98 Å². The zero-order valence-electron chi connectivity index (χ0n) is 12.8. The van der Waals surface area contributed by atoms with Gasteiger partial charge in [0.1, 0.15) is 5.75 Å². The van der Waals surface area contributed by atoms with Crippen LogP contribution in [0.4, 0.5) is 5.13 Å². The number of ether oxygens (including phenoxy) is 1. The molecule has 0 aliphatic rings. The van der Waals surface area contributed by atoms with Crippen LogP contribution in [0.25, 0.3) is 11.3 Å². The lowest BCUT2D eigenvalue weighted by Gasteiger charge is -2.04. The fraction of sp³-hybridized carbons (Fsp3) is 0.176. The number of nitrogens with zero attached hydrogens (tertiary/aromatic N) is 1. The molecule has 6 heteroatoms. The van der Waals surface area contributed by atoms with Gasteiger partial charge < -0.3 is 9.15 Å². The Balaban J connectivity index is 1.79. The molecule has 0 radical (unpaired) electrons. The minimum absolute atomic E-state index is 0.264. The largest absolute Gasteiger partial charge is 0.494 e. The van der Waals surface area contributed by atoms with Crippen molar-refractivity contribution in [3.63, 3.8) is 0 Å². The van der Waals surface area contributed by atoms with Crippen LogP contribution in [0.5, 0.6) is 5.75 Å². The number of hydrogen-bond donors (Lipinski definition) is 1. The van der Waals surface area contributed by atoms with Crippen molar-refractivity contribution in [3.05, 3.63) is 53.3 Å². The number of benzene rings is 1. The van der Waals surface area contributed by atoms with Gasteiger partial charge in [-0.15, -0.1) is 11.3 Å². The molecule has 2 heterocycles. The number of hydrogen-bond acceptors (Lipinski definition) is 5. The van der Waals surface area contributed by atoms with Crippen molar-refractivity contribution in [2.45, 2.75) is 13.8 Å². The fourth-order valence-electron chi connectivity index (χ4n) is 2.16. The second kappa shape index (κ2) is 6.66. The Morgan fingerprint density at radius 1 is 1.30 bits per heavy atom. The lowest BCUT2D eigenvalue weighted by Crippen LogP contribution is -2.10. The summed E-state index contributed by atoms with van der Waals surface area (Å²) in [4.78, 5) is 17.5. The van der Waals surface area contributed by atoms with Crippen LogP contribution in [0.15, 0.2) is 47.1 Å². The maximum absolute atomic E-state index is 12.0. The molecule has 0 saturated heterocycles. The molecule has 1 amide bonds. The molecule has 5 nitrogen and oxygen atoms in total. The van der Waals surface area contributed by atoms with Crippen LogP contribution in [0, 0.1) is 6.92 Å². The van der Waals surface area contributed by atoms with E-state index in [0.29, 0.717) is 11.7 Å². The lowest BCUT2D eigenvalue weighted by molar-refractivity contribution is 0.0996. The van der Waals surface area contributed by atoms with Crippen molar-refractivity contribution < 1.29 is 13.9 Å². The first-order chi connectivity index (χ1) is 11.2. The highest BCUT2D eigenvalue weighted by atomic mass is 32.1. The normalized spacial score (nSPS) is 10.5. The fourth-order valence-corrected chi connectivity index (χ4v) is 2.99. The molecule has 1 N–H and O–H groups in total. The van der Waals surface area contributed by atoms with Gasteiger partial charge in [-0.05, 0) is 50.2 Å². The summed E-state index contributed by atoms with van der Waals surface area (Å²) in [5, 5.41) is 3.31. The van der Waals surface area contributed by atoms with Gasteiger partial charge in [-0.1, -0.05) is 0 Å². The minimum atomic E-state index is -0.304. The SMILES string of the molecule is CCOc1ccc(-c2nc(NC(=O)c3ccco3)sc2C)cc1. The first kappa shape index (κ1) is 15.3. The molecular formula is C17H16N2O3S. The van der Waals surface area contributed by atoms with E-state index in [1.54, 1.807) is 12.1 Å². The van der Waals surface area contributed by atoms with Gasteiger partial charge in [-0.2, -0.15) is 0 Å². The summed E-state index contributed by atoms with van der Waals surface area (Å²) >= 11 is 1.43. The maximum Gasteiger partial charge on any atom is 0.293 e. The second-order valence-corrected chi connectivity index (χ2v) is 6.02. The summed E-state index contributed by atoms with van der Waals surface area (Å²) in [7, 11) is 0. The lowest BCUT2D eigenvalue weighted by atomic mass is 10.1. The third-order valence-electron chi connectivity index (χ3n) is 3.20. The molecule has 1 aromatic carbocycles. The van der Waals surface area contributed by atoms with E-state index in [4.69, 9.17) is 9.15 Å². The van der Waals surface area contributed by atoms with E-state index in [1.165, 1.54) is 17.6 Å². The first-order valence-electron chi connectivity index (χ1n) is 7.23. The average molecular weight is 328 g/mol. The van der Waals surface area contributed by atoms with Crippen molar-refractivity contribution in [3.8, 4) is 17.0 Å². The van der Waals surface area contributed by atoms with Gasteiger partial charge in [0, 0.05) is 10.4 Å². The van der Waals surface area contributed by atoms with Crippen molar-refractivity contribution in [1.29, 1.82) is 0 Å². The molecule has 0 atom stereocenters. The Morgan fingerprint density at radius 3 is 2.74 bits per heavy atom. The van der Waals surface area contributed by atoms with E-state index < -0.39 is 0 Å². The summed E-state index contributed by atoms with van der Waals surface area (Å²) in [5.41, 5.74) is 1.84. The van der Waals surface area contributed by atoms with Crippen molar-refractivity contribution in [2.24, 2.45) is 0 Å². The van der Waals surface area contributed by atoms with E-state index in [0.717, 1.165) is 21.9 Å². The highest BCUT2D eigenvalue weighted by Gasteiger charge is 2.14. The Bertz CT molecular complexity index is 792. The Kier molecular flexibility index (Phi) is 4.43. The van der Waals surface area contributed by atoms with Crippen LogP contribution in [0.1, 0.15) is 22.4 Å². The van der Waals surface area contributed by atoms with Crippen LogP contribution >= 0.6 is 11.3 Å². The van der Waals surface area contributed by atoms with Crippen LogP contribution in [-0.4, -0.2) is 17.5 Å². The smallest absolute Gasteiger partial charge is 0.293 e. The number of carbonyl (C=O) groups excluding carboxylic acids is 1. The predicted molar refractivity (Wildman–Crippen MR) is 90.1 cm³/mol. The van der Waals surface area contributed by atoms with Gasteiger partial charge in [0.05, 0.1) is 18.6 Å². The van der Waals surface area contributed by atoms with Crippen LogP contribution in [0.2, 0.25) is 0 Å². The van der Waals surface area contributed by atoms with Gasteiger partial charge in [0.15, 0.2) is 10.9 Å². The van der Waals surface area contributed by atoms with Crippen LogP contribution in [-0.2, 0) is 0 Å². The van der Waals surface area contributed by atoms with Gasteiger partial charge in [0.25, 0.3) is 5.91 Å². The summed E-state index contributed by atoms with van der Waals surface area (Å²) in [6.07, 6.45) is 1.47. The number of amides is 1. The molecule has 3 rings (SSSR count). The summed E-state index contributed by atoms with van der Waals surface area (Å²) in [5.74, 6) is 0.790. The second-order valence-electron chi connectivity index (χ2n) is 4.81. The third kappa shape index (κ3) is 3.43. The number of anilines is 1. The predicted octanol–water partition coefficient (Wildman–Crippen LogP) is 4.36. The van der Waals surface area contributed by atoms with Gasteiger partial charge in [-0.3, -0.25) is 10.1 Å². The number of carbonyl (C=O) groups is 1. The summed E-state index contributed by atoms with van der Waals surface area (Å²) in [6.45, 7) is 4.57. The molecule has 0 saturated carbocycles. The summed E-state index contributed by atoms with van der Waals surface area (Å²) < 4.78 is 10.5. The van der Waals surface area contributed by atoms with Crippen molar-refractivity contribution in [2.75, 3.05) is 11.9 Å². The monoisotopic (exact) mass is 328 g/mol. The molecule has 0 fully saturated rings. The van der Waals surface area contributed by atoms with Crippen LogP contribution in [0.3, 0.4) is 0 Å². The van der Waals surface area contributed by atoms with Gasteiger partial charge >= 0.3 is 0 Å². The van der Waals surface area contributed by atoms with E-state index in [2.05, 4.69) is 10.3 Å². The quantitative estimate of drug-likeness (QED) is 0.755. The molecule has 2 aromatic heterocycles. The Hall–Kier alpha value is -2.60. The zero-order chi connectivity index (χ0) is 16.2. The highest BCUT2D eigenvalue weighted by Crippen LogP contribution is 2.31. The number of furan rings is 1. The van der Waals surface area contributed by atoms with E-state index in [-0.39, 0.29) is 11.7 Å². The van der Waals surface area contributed by atoms with E-state index >= 15 is 0 Å². The number of nitrogens with one attached hydrogen (secondary N) is 1. The van der Waals surface area contributed by atoms with Gasteiger partial charge in [-0.25, -0.2) is 4.98 Å². The maximum atomic E-state index is 12.0. The van der Waals surface area contributed by atoms with Crippen LogP contribution < -0.4 is 10.1 Å². The van der Waals surface area contributed by atoms with Gasteiger partial charge in [0.2, 0.25) is 0 Å². The first-order valence-corrected chi connectivity index (χ1v) is 8.04. The highest BCUT2D eigenvalue weighted by molar-refractivity contribution is 7.16. The number of thiazole rings is 1. The molecular weight excluding hydrogens is 312 g/mol. The average Bonchev–Trinajstić information content (AvgIpc) is 3.18. The molecule has 118 valence electrons. The molecule has 0 unspecified atom stereocenters. The zero-order valence-corrected chi connectivity index (χ0v) is 13.6. The minimum Gasteiger partial charge on any atom is -0.494 e. The molecule has 3 aromatic rings. The number of aromatic nitrogens is 1. The summed E-state index contributed by atoms with van der Waals surface area (Å²) in [6, 6.07) is 11.0.